The van der Waals surface area contributed by atoms with Crippen LogP contribution in [-0.4, -0.2) is 15.8 Å². The van der Waals surface area contributed by atoms with Crippen molar-refractivity contribution < 1.29 is 4.39 Å². The number of nitrogens with zero attached hydrogens (tertiary/aromatic N) is 3. The summed E-state index contributed by atoms with van der Waals surface area (Å²) in [6, 6.07) is 7.55. The van der Waals surface area contributed by atoms with Crippen LogP contribution >= 0.6 is 0 Å². The fraction of sp³-hybridized carbons (Fsp3) is 0.143. The largest absolute Gasteiger partial charge is 0.386 e. The molecule has 0 saturated carbocycles. The molecule has 0 amide bonds. The Bertz CT molecular complexity index is 864. The van der Waals surface area contributed by atoms with Gasteiger partial charge in [-0.2, -0.15) is 10.2 Å². The van der Waals surface area contributed by atoms with Crippen molar-refractivity contribution in [1.82, 2.24) is 9.97 Å². The minimum absolute atomic E-state index is 0.0434. The fourth-order valence-corrected chi connectivity index (χ4v) is 2.55. The predicted molar refractivity (Wildman–Crippen MR) is 77.9 cm³/mol. The Hall–Kier alpha value is -3.21. The van der Waals surface area contributed by atoms with Crippen molar-refractivity contribution in [3.05, 3.63) is 51.6 Å². The molecule has 1 aromatic carbocycles. The second-order valence-electron chi connectivity index (χ2n) is 4.86. The highest BCUT2D eigenvalue weighted by Crippen LogP contribution is 2.38. The molecule has 2 aromatic rings. The molecule has 0 aliphatic carbocycles. The molecule has 22 heavy (non-hydrogen) atoms. The molecule has 1 aromatic heterocycles. The molecule has 7 nitrogen and oxygen atoms in total. The van der Waals surface area contributed by atoms with Crippen LogP contribution in [0.4, 0.5) is 16.2 Å². The van der Waals surface area contributed by atoms with Crippen molar-refractivity contribution in [2.24, 2.45) is 16.6 Å². The van der Waals surface area contributed by atoms with E-state index >= 15 is 0 Å². The lowest BCUT2D eigenvalue weighted by atomic mass is 9.79. The van der Waals surface area contributed by atoms with Gasteiger partial charge in [0.25, 0.3) is 5.56 Å². The number of amidine groups is 1. The molecule has 110 valence electrons. The third-order valence-electron chi connectivity index (χ3n) is 3.52. The van der Waals surface area contributed by atoms with E-state index in [2.05, 4.69) is 15.0 Å². The van der Waals surface area contributed by atoms with E-state index in [4.69, 9.17) is 11.5 Å². The summed E-state index contributed by atoms with van der Waals surface area (Å²) in [5.74, 6) is -1.91. The van der Waals surface area contributed by atoms with E-state index in [1.807, 2.05) is 6.07 Å². The summed E-state index contributed by atoms with van der Waals surface area (Å²) in [6.45, 7) is 0. The van der Waals surface area contributed by atoms with E-state index in [1.165, 1.54) is 24.3 Å². The third-order valence-corrected chi connectivity index (χ3v) is 3.52. The van der Waals surface area contributed by atoms with Gasteiger partial charge in [-0.05, 0) is 17.7 Å². The van der Waals surface area contributed by atoms with E-state index in [0.29, 0.717) is 5.56 Å². The van der Waals surface area contributed by atoms with Gasteiger partial charge in [0.2, 0.25) is 5.95 Å². The summed E-state index contributed by atoms with van der Waals surface area (Å²) >= 11 is 0. The lowest BCUT2D eigenvalue weighted by Gasteiger charge is -2.26. The van der Waals surface area contributed by atoms with Crippen molar-refractivity contribution in [3.63, 3.8) is 0 Å². The number of H-pyrrole nitrogens is 1. The van der Waals surface area contributed by atoms with Crippen LogP contribution in [0, 0.1) is 23.1 Å². The summed E-state index contributed by atoms with van der Waals surface area (Å²) < 4.78 is 13.1. The van der Waals surface area contributed by atoms with Crippen LogP contribution in [0.15, 0.2) is 34.1 Å². The lowest BCUT2D eigenvalue weighted by Crippen LogP contribution is -2.35. The van der Waals surface area contributed by atoms with E-state index < -0.39 is 23.2 Å². The third kappa shape index (κ3) is 2.09. The first-order chi connectivity index (χ1) is 10.5. The molecule has 1 aliphatic rings. The standard InChI is InChI=1S/C14H11FN6O/c15-7-3-1-6(2-4-7)9-8(5-16)11(17)19-12-10(9)13(22)21-14(18)20-12/h1-4,8-9H,(H5,17,18,19,20,21,22). The average molecular weight is 298 g/mol. The van der Waals surface area contributed by atoms with E-state index in [9.17, 15) is 14.4 Å². The molecule has 1 aliphatic heterocycles. The van der Waals surface area contributed by atoms with Gasteiger partial charge in [0, 0.05) is 5.92 Å². The molecule has 5 N–H and O–H groups in total. The molecule has 0 radical (unpaired) electrons. The molecule has 2 unspecified atom stereocenters. The molecular weight excluding hydrogens is 287 g/mol. The van der Waals surface area contributed by atoms with Crippen molar-refractivity contribution >= 4 is 17.6 Å². The van der Waals surface area contributed by atoms with Crippen LogP contribution in [0.1, 0.15) is 17.0 Å². The van der Waals surface area contributed by atoms with Gasteiger partial charge in [0.1, 0.15) is 17.6 Å². The zero-order chi connectivity index (χ0) is 15.9. The molecule has 3 rings (SSSR count). The van der Waals surface area contributed by atoms with Crippen LogP contribution in [-0.2, 0) is 0 Å². The number of aromatic nitrogens is 2. The number of rotatable bonds is 1. The summed E-state index contributed by atoms with van der Waals surface area (Å²) in [5, 5.41) is 9.38. The minimum Gasteiger partial charge on any atom is -0.386 e. The Labute approximate surface area is 124 Å². The number of anilines is 1. The fourth-order valence-electron chi connectivity index (χ4n) is 2.55. The Morgan fingerprint density at radius 3 is 2.59 bits per heavy atom. The summed E-state index contributed by atoms with van der Waals surface area (Å²) in [7, 11) is 0. The maximum atomic E-state index is 13.1. The molecule has 0 saturated heterocycles. The van der Waals surface area contributed by atoms with E-state index in [0.717, 1.165) is 0 Å². The molecule has 2 heterocycles. The molecule has 8 heteroatoms. The first kappa shape index (κ1) is 13.8. The summed E-state index contributed by atoms with van der Waals surface area (Å²) in [6.07, 6.45) is 0. The number of hydrogen-bond acceptors (Lipinski definition) is 6. The van der Waals surface area contributed by atoms with E-state index in [1.54, 1.807) is 0 Å². The summed E-state index contributed by atoms with van der Waals surface area (Å²) in [4.78, 5) is 22.6. The number of aromatic amines is 1. The zero-order valence-corrected chi connectivity index (χ0v) is 11.2. The minimum atomic E-state index is -0.843. The van der Waals surface area contributed by atoms with Gasteiger partial charge in [-0.1, -0.05) is 12.1 Å². The number of nitriles is 1. The zero-order valence-electron chi connectivity index (χ0n) is 11.2. The van der Waals surface area contributed by atoms with Gasteiger partial charge in [-0.15, -0.1) is 0 Å². The van der Waals surface area contributed by atoms with Crippen LogP contribution < -0.4 is 17.0 Å². The number of benzene rings is 1. The number of hydrogen-bond donors (Lipinski definition) is 3. The number of nitrogen functional groups attached to an aromatic ring is 1. The quantitative estimate of drug-likeness (QED) is 0.714. The van der Waals surface area contributed by atoms with Crippen molar-refractivity contribution in [2.75, 3.05) is 5.73 Å². The van der Waals surface area contributed by atoms with Gasteiger partial charge in [-0.25, -0.2) is 9.38 Å². The van der Waals surface area contributed by atoms with Gasteiger partial charge in [0.05, 0.1) is 11.6 Å². The normalized spacial score (nSPS) is 19.9. The highest BCUT2D eigenvalue weighted by molar-refractivity contribution is 5.91. The Kier molecular flexibility index (Phi) is 3.10. The summed E-state index contributed by atoms with van der Waals surface area (Å²) in [5.41, 5.74) is 11.6. The lowest BCUT2D eigenvalue weighted by molar-refractivity contribution is 0.624. The maximum Gasteiger partial charge on any atom is 0.258 e. The number of aliphatic imine (C=N–C) groups is 1. The Morgan fingerprint density at radius 1 is 1.27 bits per heavy atom. The SMILES string of the molecule is N#CC1C(N)=Nc2nc(N)[nH]c(=O)c2C1c1ccc(F)cc1. The first-order valence-electron chi connectivity index (χ1n) is 6.40. The van der Waals surface area contributed by atoms with Gasteiger partial charge < -0.3 is 11.5 Å². The van der Waals surface area contributed by atoms with Crippen LogP contribution in [0.25, 0.3) is 0 Å². The van der Waals surface area contributed by atoms with Gasteiger partial charge in [-0.3, -0.25) is 9.78 Å². The maximum absolute atomic E-state index is 13.1. The van der Waals surface area contributed by atoms with Crippen molar-refractivity contribution in [3.8, 4) is 6.07 Å². The second-order valence-corrected chi connectivity index (χ2v) is 4.86. The first-order valence-corrected chi connectivity index (χ1v) is 6.40. The highest BCUT2D eigenvalue weighted by Gasteiger charge is 2.36. The topological polar surface area (TPSA) is 134 Å². The number of nitrogens with one attached hydrogen (secondary N) is 1. The number of halogens is 1. The van der Waals surface area contributed by atoms with Crippen LogP contribution in [0.5, 0.6) is 0 Å². The molecule has 0 fully saturated rings. The van der Waals surface area contributed by atoms with Gasteiger partial charge >= 0.3 is 0 Å². The molecule has 0 bridgehead atoms. The highest BCUT2D eigenvalue weighted by atomic mass is 19.1. The molecule has 2 atom stereocenters. The smallest absolute Gasteiger partial charge is 0.258 e. The van der Waals surface area contributed by atoms with Crippen molar-refractivity contribution in [2.45, 2.75) is 5.92 Å². The van der Waals surface area contributed by atoms with Crippen molar-refractivity contribution in [1.29, 1.82) is 5.26 Å². The number of fused-ring (bicyclic) bond motifs is 1. The van der Waals surface area contributed by atoms with Crippen LogP contribution in [0.3, 0.4) is 0 Å². The van der Waals surface area contributed by atoms with E-state index in [-0.39, 0.29) is 23.2 Å². The number of nitrogens with two attached hydrogens (primary N) is 2. The predicted octanol–water partition coefficient (Wildman–Crippen LogP) is 0.765. The second kappa shape index (κ2) is 4.96. The Balaban J connectivity index is 2.28. The Morgan fingerprint density at radius 2 is 1.95 bits per heavy atom. The average Bonchev–Trinajstić information content (AvgIpc) is 2.46. The monoisotopic (exact) mass is 298 g/mol. The van der Waals surface area contributed by atoms with Crippen LogP contribution in [0.2, 0.25) is 0 Å². The molecular formula is C14H11FN6O. The molecule has 0 spiro atoms. The van der Waals surface area contributed by atoms with Gasteiger partial charge in [0.15, 0.2) is 5.82 Å².